The van der Waals surface area contributed by atoms with Gasteiger partial charge in [-0.25, -0.2) is 0 Å². The average molecular weight is 999 g/mol. The van der Waals surface area contributed by atoms with Gasteiger partial charge >= 0.3 is 5.97 Å². The van der Waals surface area contributed by atoms with Gasteiger partial charge in [-0.15, -0.1) is 12.3 Å². The number of ketones is 1. The molecule has 0 aromatic heterocycles. The maximum atomic E-state index is 14.4. The van der Waals surface area contributed by atoms with Crippen molar-refractivity contribution in [2.24, 2.45) is 11.8 Å². The number of ether oxygens (including phenoxy) is 2. The lowest BCUT2D eigenvalue weighted by Crippen LogP contribution is -2.60. The van der Waals surface area contributed by atoms with Gasteiger partial charge in [0.15, 0.2) is 11.4 Å². The number of nitrogens with one attached hydrogen (secondary N) is 5. The Hall–Kier alpha value is -4.86. The first-order valence-electron chi connectivity index (χ1n) is 22.1. The molecule has 1 aliphatic rings. The van der Waals surface area contributed by atoms with E-state index in [1.165, 1.54) is 6.92 Å². The Morgan fingerprint density at radius 1 is 0.750 bits per heavy atom. The van der Waals surface area contributed by atoms with Gasteiger partial charge in [0.2, 0.25) is 29.5 Å². The molecular weight excluding hydrogens is 931 g/mol. The number of Topliss-reactive ketones (excluding diaryl/α,β-unsaturated/α-hetero) is 1. The van der Waals surface area contributed by atoms with Crippen molar-refractivity contribution in [3.05, 3.63) is 71.8 Å². The van der Waals surface area contributed by atoms with Crippen LogP contribution in [0.1, 0.15) is 84.3 Å². The number of hydrogen-bond donors (Lipinski definition) is 5. The molecule has 5 amide bonds. The van der Waals surface area contributed by atoms with Gasteiger partial charge in [-0.05, 0) is 55.6 Å². The van der Waals surface area contributed by atoms with Crippen LogP contribution in [0.25, 0.3) is 0 Å². The number of alkyl halides is 1. The van der Waals surface area contributed by atoms with Crippen molar-refractivity contribution in [3.63, 3.8) is 0 Å². The number of nitrogens with zero attached hydrogens (tertiary/aromatic N) is 1. The monoisotopic (exact) mass is 998 g/mol. The van der Waals surface area contributed by atoms with E-state index in [-0.39, 0.29) is 79.7 Å². The third-order valence-electron chi connectivity index (χ3n) is 10.5. The number of aryl methyl sites for hydroxylation is 1. The molecule has 64 heavy (non-hydrogen) atoms. The third kappa shape index (κ3) is 19.5. The summed E-state index contributed by atoms with van der Waals surface area (Å²) < 4.78 is 11.2. The fourth-order valence-electron chi connectivity index (χ4n) is 7.10. The van der Waals surface area contributed by atoms with Crippen molar-refractivity contribution in [1.29, 1.82) is 0 Å². The zero-order valence-corrected chi connectivity index (χ0v) is 40.1. The van der Waals surface area contributed by atoms with E-state index >= 15 is 0 Å². The molecule has 1 saturated heterocycles. The molecule has 1 aliphatic heterocycles. The molecule has 0 saturated carbocycles. The van der Waals surface area contributed by atoms with Crippen molar-refractivity contribution in [2.45, 2.75) is 116 Å². The zero-order valence-electron chi connectivity index (χ0n) is 37.9. The summed E-state index contributed by atoms with van der Waals surface area (Å²) in [5.41, 5.74) is 0.0682. The van der Waals surface area contributed by atoms with Crippen molar-refractivity contribution < 1.29 is 43.0 Å². The van der Waals surface area contributed by atoms with Crippen LogP contribution in [0.15, 0.2) is 60.7 Å². The molecule has 0 aliphatic carbocycles. The predicted molar refractivity (Wildman–Crippen MR) is 253 cm³/mol. The van der Waals surface area contributed by atoms with Crippen LogP contribution in [0.2, 0.25) is 0 Å². The summed E-state index contributed by atoms with van der Waals surface area (Å²) in [7, 11) is 0. The second kappa shape index (κ2) is 28.1. The summed E-state index contributed by atoms with van der Waals surface area (Å²) in [6.07, 6.45) is 6.41. The lowest BCUT2D eigenvalue weighted by atomic mass is 9.90. The second-order valence-corrected chi connectivity index (χ2v) is 17.9. The number of rotatable bonds is 27. The summed E-state index contributed by atoms with van der Waals surface area (Å²) in [5, 5.41) is 14.2. The number of esters is 1. The number of benzene rings is 2. The minimum Gasteiger partial charge on any atom is -0.450 e. The summed E-state index contributed by atoms with van der Waals surface area (Å²) in [6.45, 7) is 11.7. The van der Waals surface area contributed by atoms with Crippen LogP contribution >= 0.6 is 22.6 Å². The van der Waals surface area contributed by atoms with Gasteiger partial charge in [-0.2, -0.15) is 0 Å². The second-order valence-electron chi connectivity index (χ2n) is 17.2. The molecule has 15 nitrogen and oxygen atoms in total. The van der Waals surface area contributed by atoms with Crippen LogP contribution in [0, 0.1) is 24.2 Å². The van der Waals surface area contributed by atoms with Gasteiger partial charge in [-0.1, -0.05) is 111 Å². The minimum atomic E-state index is -1.65. The van der Waals surface area contributed by atoms with E-state index in [0.29, 0.717) is 39.1 Å². The largest absolute Gasteiger partial charge is 0.450 e. The third-order valence-corrected chi connectivity index (χ3v) is 12.0. The highest BCUT2D eigenvalue weighted by Crippen LogP contribution is 2.22. The quantitative estimate of drug-likeness (QED) is 0.0291. The van der Waals surface area contributed by atoms with E-state index in [0.717, 1.165) is 11.1 Å². The molecule has 5 atom stereocenters. The minimum absolute atomic E-state index is 0.0549. The van der Waals surface area contributed by atoms with Crippen LogP contribution in [0.4, 0.5) is 0 Å². The van der Waals surface area contributed by atoms with Gasteiger partial charge in [0.25, 0.3) is 0 Å². The first kappa shape index (κ1) is 53.5. The van der Waals surface area contributed by atoms with Gasteiger partial charge < -0.3 is 36.1 Å². The maximum absolute atomic E-state index is 14.4. The fourth-order valence-corrected chi connectivity index (χ4v) is 7.63. The lowest BCUT2D eigenvalue weighted by molar-refractivity contribution is -0.164. The molecule has 0 bridgehead atoms. The molecule has 3 rings (SSSR count). The molecule has 5 N–H and O–H groups in total. The molecule has 0 radical (unpaired) electrons. The number of carbonyl (C=O) groups is 7. The summed E-state index contributed by atoms with van der Waals surface area (Å²) in [4.78, 5) is 97.6. The highest BCUT2D eigenvalue weighted by molar-refractivity contribution is 14.1. The van der Waals surface area contributed by atoms with Gasteiger partial charge in [0, 0.05) is 43.3 Å². The van der Waals surface area contributed by atoms with Crippen molar-refractivity contribution in [1.82, 2.24) is 31.5 Å². The molecule has 16 heteroatoms. The molecule has 2 aromatic carbocycles. The SMILES string of the molecule is C#CCCNC(=O)CCC(=O)OC(C)(CI)C(=O)[C@H](CC(C)C)NC(=O)[C@H](Cc1ccccc1)NC(=O)[C@H](CC(C)C)NC(=O)[C@H](CCc1ccccc1)NC(=O)CN1CCOCC1. The van der Waals surface area contributed by atoms with Crippen LogP contribution < -0.4 is 26.6 Å². The highest BCUT2D eigenvalue weighted by atomic mass is 127. The Kier molecular flexibility index (Phi) is 23.5. The first-order chi connectivity index (χ1) is 30.5. The van der Waals surface area contributed by atoms with Gasteiger partial charge in [0.1, 0.15) is 18.1 Å². The molecule has 0 spiro atoms. The normalized spacial score (nSPS) is 15.6. The van der Waals surface area contributed by atoms with E-state index in [1.807, 2.05) is 116 Å². The highest BCUT2D eigenvalue weighted by Gasteiger charge is 2.42. The van der Waals surface area contributed by atoms with Crippen molar-refractivity contribution in [3.8, 4) is 12.3 Å². The van der Waals surface area contributed by atoms with Crippen LogP contribution in [0.3, 0.4) is 0 Å². The number of amides is 5. The van der Waals surface area contributed by atoms with Crippen molar-refractivity contribution in [2.75, 3.05) is 43.8 Å². The Balaban J connectivity index is 1.84. The average Bonchev–Trinajstić information content (AvgIpc) is 3.26. The standard InChI is InChI=1S/C48H67IN6O9/c1-7-8-23-50-41(56)21-22-43(58)64-48(6,32-49)44(59)38(28-33(2)3)52-47(62)40(30-36-17-13-10-14-18-36)54-46(61)39(29-34(4)5)53-45(60)37(20-19-35-15-11-9-12-16-35)51-42(57)31-55-24-26-63-27-25-55/h1,9-18,33-34,37-40H,8,19-32H2,2-6H3,(H,50,56)(H,51,57)(H,52,62)(H,53,60)(H,54,61)/t37-,38-,39-,40-,48?/m0/s1. The summed E-state index contributed by atoms with van der Waals surface area (Å²) in [6, 6.07) is 14.3. The van der Waals surface area contributed by atoms with E-state index < -0.39 is 59.2 Å². The van der Waals surface area contributed by atoms with E-state index in [1.54, 1.807) is 0 Å². The number of morpholine rings is 1. The fraction of sp³-hybridized carbons (Fsp3) is 0.562. The molecule has 350 valence electrons. The number of hydrogen-bond acceptors (Lipinski definition) is 10. The number of halogens is 1. The van der Waals surface area contributed by atoms with E-state index in [4.69, 9.17) is 15.9 Å². The Bertz CT molecular complexity index is 1870. The van der Waals surface area contributed by atoms with Crippen LogP contribution in [-0.2, 0) is 55.9 Å². The topological polar surface area (TPSA) is 201 Å². The zero-order chi connectivity index (χ0) is 47.1. The van der Waals surface area contributed by atoms with E-state index in [2.05, 4.69) is 32.5 Å². The molecule has 1 heterocycles. The van der Waals surface area contributed by atoms with E-state index in [9.17, 15) is 33.6 Å². The van der Waals surface area contributed by atoms with Gasteiger partial charge in [0.05, 0.1) is 32.2 Å². The molecule has 2 aromatic rings. The number of carbonyl (C=O) groups excluding carboxylic acids is 7. The van der Waals surface area contributed by atoms with Crippen LogP contribution in [-0.4, -0.2) is 120 Å². The first-order valence-corrected chi connectivity index (χ1v) is 23.7. The summed E-state index contributed by atoms with van der Waals surface area (Å²) in [5.74, 6) is -1.48. The Labute approximate surface area is 392 Å². The summed E-state index contributed by atoms with van der Waals surface area (Å²) >= 11 is 1.95. The Morgan fingerprint density at radius 3 is 1.89 bits per heavy atom. The molecule has 1 unspecified atom stereocenters. The Morgan fingerprint density at radius 2 is 1.30 bits per heavy atom. The smallest absolute Gasteiger partial charge is 0.307 e. The van der Waals surface area contributed by atoms with Crippen molar-refractivity contribution >= 4 is 63.9 Å². The number of terminal acetylenes is 1. The molecular formula is C48H67IN6O9. The predicted octanol–water partition coefficient (Wildman–Crippen LogP) is 3.45. The van der Waals surface area contributed by atoms with Gasteiger partial charge in [-0.3, -0.25) is 38.5 Å². The maximum Gasteiger partial charge on any atom is 0.307 e. The van der Waals surface area contributed by atoms with Crippen LogP contribution in [0.5, 0.6) is 0 Å². The molecule has 1 fully saturated rings. The lowest BCUT2D eigenvalue weighted by Gasteiger charge is -2.32.